The molecule has 1 N–H and O–H groups in total. The number of nitrogens with zero attached hydrogens (tertiary/aromatic N) is 1. The lowest BCUT2D eigenvalue weighted by atomic mass is 10.1. The van der Waals surface area contributed by atoms with E-state index in [4.69, 9.17) is 4.74 Å². The Morgan fingerprint density at radius 1 is 1.60 bits per heavy atom. The summed E-state index contributed by atoms with van der Waals surface area (Å²) in [5.41, 5.74) is 0. The van der Waals surface area contributed by atoms with Crippen molar-refractivity contribution in [3.05, 3.63) is 16.1 Å². The van der Waals surface area contributed by atoms with E-state index < -0.39 is 0 Å². The summed E-state index contributed by atoms with van der Waals surface area (Å²) in [6.45, 7) is 4.71. The number of ether oxygens (including phenoxy) is 1. The highest BCUT2D eigenvalue weighted by Gasteiger charge is 2.12. The van der Waals surface area contributed by atoms with Gasteiger partial charge in [-0.2, -0.15) is 0 Å². The second kappa shape index (κ2) is 5.58. The first-order valence-electron chi connectivity index (χ1n) is 5.57. The molecule has 2 rings (SSSR count). The van der Waals surface area contributed by atoms with Gasteiger partial charge in [0.1, 0.15) is 0 Å². The Hall–Kier alpha value is -0.450. The minimum absolute atomic E-state index is 0.563. The fourth-order valence-electron chi connectivity index (χ4n) is 1.84. The quantitative estimate of drug-likeness (QED) is 0.854. The van der Waals surface area contributed by atoms with Gasteiger partial charge < -0.3 is 10.1 Å². The molecule has 0 aliphatic carbocycles. The average Bonchev–Trinajstić information content (AvgIpc) is 2.66. The summed E-state index contributed by atoms with van der Waals surface area (Å²) in [4.78, 5) is 5.43. The summed E-state index contributed by atoms with van der Waals surface area (Å²) in [5.74, 6) is 0. The van der Waals surface area contributed by atoms with Crippen molar-refractivity contribution >= 4 is 11.3 Å². The van der Waals surface area contributed by atoms with E-state index in [2.05, 4.69) is 10.3 Å². The molecule has 3 nitrogen and oxygen atoms in total. The highest BCUT2D eigenvalue weighted by atomic mass is 32.1. The molecule has 15 heavy (non-hydrogen) atoms. The van der Waals surface area contributed by atoms with Gasteiger partial charge in [0, 0.05) is 12.2 Å². The van der Waals surface area contributed by atoms with Crippen LogP contribution < -0.4 is 5.32 Å². The van der Waals surface area contributed by atoms with Crippen LogP contribution in [0.4, 0.5) is 0 Å². The number of hydrogen-bond acceptors (Lipinski definition) is 4. The van der Waals surface area contributed by atoms with E-state index in [1.54, 1.807) is 11.3 Å². The van der Waals surface area contributed by atoms with E-state index in [1.165, 1.54) is 24.1 Å². The van der Waals surface area contributed by atoms with Crippen LogP contribution in [0, 0.1) is 6.92 Å². The van der Waals surface area contributed by atoms with Crippen LogP contribution in [0.5, 0.6) is 0 Å². The molecule has 1 aliphatic heterocycles. The van der Waals surface area contributed by atoms with E-state index in [0.717, 1.165) is 18.2 Å². The summed E-state index contributed by atoms with van der Waals surface area (Å²) in [6.07, 6.45) is 5.81. The van der Waals surface area contributed by atoms with Gasteiger partial charge >= 0.3 is 0 Å². The summed E-state index contributed by atoms with van der Waals surface area (Å²) < 4.78 is 5.68. The Morgan fingerprint density at radius 2 is 2.53 bits per heavy atom. The highest BCUT2D eigenvalue weighted by molar-refractivity contribution is 7.11. The minimum atomic E-state index is 0.563. The molecule has 1 fully saturated rings. The van der Waals surface area contributed by atoms with Gasteiger partial charge in [0.25, 0.3) is 0 Å². The maximum Gasteiger partial charge on any atom is 0.0897 e. The number of piperidine rings is 1. The number of hydrogen-bond donors (Lipinski definition) is 1. The molecule has 0 spiro atoms. The molecule has 4 heteroatoms. The van der Waals surface area contributed by atoms with Gasteiger partial charge in [-0.25, -0.2) is 4.98 Å². The lowest BCUT2D eigenvalue weighted by Crippen LogP contribution is -2.37. The number of thiazole rings is 1. The molecule has 0 saturated carbocycles. The third-order valence-corrected chi connectivity index (χ3v) is 3.53. The monoisotopic (exact) mass is 226 g/mol. The zero-order valence-electron chi connectivity index (χ0n) is 9.16. The molecule has 2 heterocycles. The van der Waals surface area contributed by atoms with Crippen molar-refractivity contribution in [2.75, 3.05) is 13.2 Å². The normalized spacial score (nSPS) is 21.8. The van der Waals surface area contributed by atoms with Crippen molar-refractivity contribution in [1.82, 2.24) is 10.3 Å². The predicted octanol–water partition coefficient (Wildman–Crippen LogP) is 2.11. The zero-order chi connectivity index (χ0) is 10.5. The second-order valence-electron chi connectivity index (χ2n) is 4.01. The SMILES string of the molecule is Cc1ncc(COCC2CCCCN2)s1. The Morgan fingerprint density at radius 3 is 3.20 bits per heavy atom. The molecular weight excluding hydrogens is 208 g/mol. The summed E-state index contributed by atoms with van der Waals surface area (Å²) in [5, 5.41) is 4.59. The van der Waals surface area contributed by atoms with Crippen LogP contribution in [0.25, 0.3) is 0 Å². The van der Waals surface area contributed by atoms with E-state index in [-0.39, 0.29) is 0 Å². The molecule has 1 aliphatic rings. The van der Waals surface area contributed by atoms with Crippen LogP contribution in [0.15, 0.2) is 6.20 Å². The maximum atomic E-state index is 5.68. The van der Waals surface area contributed by atoms with Crippen LogP contribution in [0.3, 0.4) is 0 Å². The standard InChI is InChI=1S/C11H18N2OS/c1-9-13-6-11(15-9)8-14-7-10-4-2-3-5-12-10/h6,10,12H,2-5,7-8H2,1H3. The van der Waals surface area contributed by atoms with Gasteiger partial charge in [0.2, 0.25) is 0 Å². The maximum absolute atomic E-state index is 5.68. The number of aromatic nitrogens is 1. The number of aryl methyl sites for hydroxylation is 1. The van der Waals surface area contributed by atoms with Crippen molar-refractivity contribution in [2.24, 2.45) is 0 Å². The topological polar surface area (TPSA) is 34.1 Å². The van der Waals surface area contributed by atoms with Crippen LogP contribution in [0.2, 0.25) is 0 Å². The van der Waals surface area contributed by atoms with Gasteiger partial charge in [0.05, 0.1) is 23.1 Å². The molecule has 84 valence electrons. The first-order chi connectivity index (χ1) is 7.34. The molecular formula is C11H18N2OS. The molecule has 1 aromatic heterocycles. The van der Waals surface area contributed by atoms with Crippen LogP contribution in [-0.2, 0) is 11.3 Å². The lowest BCUT2D eigenvalue weighted by Gasteiger charge is -2.22. The summed E-state index contributed by atoms with van der Waals surface area (Å²) in [6, 6.07) is 0.563. The molecule has 1 unspecified atom stereocenters. The first-order valence-corrected chi connectivity index (χ1v) is 6.38. The molecule has 0 radical (unpaired) electrons. The van der Waals surface area contributed by atoms with Crippen molar-refractivity contribution in [1.29, 1.82) is 0 Å². The average molecular weight is 226 g/mol. The van der Waals surface area contributed by atoms with E-state index >= 15 is 0 Å². The molecule has 1 aromatic rings. The fraction of sp³-hybridized carbons (Fsp3) is 0.727. The zero-order valence-corrected chi connectivity index (χ0v) is 9.98. The Balaban J connectivity index is 1.65. The highest BCUT2D eigenvalue weighted by Crippen LogP contribution is 2.13. The van der Waals surface area contributed by atoms with E-state index in [1.807, 2.05) is 13.1 Å². The largest absolute Gasteiger partial charge is 0.374 e. The van der Waals surface area contributed by atoms with Gasteiger partial charge in [0.15, 0.2) is 0 Å². The van der Waals surface area contributed by atoms with E-state index in [9.17, 15) is 0 Å². The van der Waals surface area contributed by atoms with Crippen LogP contribution in [-0.4, -0.2) is 24.2 Å². The number of nitrogens with one attached hydrogen (secondary N) is 1. The minimum Gasteiger partial charge on any atom is -0.374 e. The van der Waals surface area contributed by atoms with Crippen molar-refractivity contribution in [3.63, 3.8) is 0 Å². The fourth-order valence-corrected chi connectivity index (χ4v) is 2.57. The van der Waals surface area contributed by atoms with E-state index in [0.29, 0.717) is 12.6 Å². The molecule has 0 amide bonds. The molecule has 0 aromatic carbocycles. The predicted molar refractivity (Wildman–Crippen MR) is 62.1 cm³/mol. The summed E-state index contributed by atoms with van der Waals surface area (Å²) >= 11 is 1.72. The summed E-state index contributed by atoms with van der Waals surface area (Å²) in [7, 11) is 0. The smallest absolute Gasteiger partial charge is 0.0897 e. The first kappa shape index (κ1) is 11.0. The van der Waals surface area contributed by atoms with Gasteiger partial charge in [-0.1, -0.05) is 6.42 Å². The van der Waals surface area contributed by atoms with Crippen LogP contribution >= 0.6 is 11.3 Å². The number of rotatable bonds is 4. The van der Waals surface area contributed by atoms with Crippen molar-refractivity contribution < 1.29 is 4.74 Å². The second-order valence-corrected chi connectivity index (χ2v) is 5.33. The van der Waals surface area contributed by atoms with Gasteiger partial charge in [-0.3, -0.25) is 0 Å². The Bertz CT molecular complexity index is 295. The third-order valence-electron chi connectivity index (χ3n) is 2.64. The van der Waals surface area contributed by atoms with Crippen LogP contribution in [0.1, 0.15) is 29.1 Å². The van der Waals surface area contributed by atoms with Crippen molar-refractivity contribution in [2.45, 2.75) is 38.8 Å². The molecule has 1 atom stereocenters. The third kappa shape index (κ3) is 3.55. The Labute approximate surface area is 94.9 Å². The Kier molecular flexibility index (Phi) is 4.11. The van der Waals surface area contributed by atoms with Gasteiger partial charge in [-0.15, -0.1) is 11.3 Å². The van der Waals surface area contributed by atoms with Crippen molar-refractivity contribution in [3.8, 4) is 0 Å². The lowest BCUT2D eigenvalue weighted by molar-refractivity contribution is 0.0927. The molecule has 1 saturated heterocycles. The molecule has 0 bridgehead atoms. The van der Waals surface area contributed by atoms with Gasteiger partial charge in [-0.05, 0) is 26.3 Å².